The molecule has 2 rings (SSSR count). The Morgan fingerprint density at radius 2 is 1.83 bits per heavy atom. The Balaban J connectivity index is 2.10. The maximum absolute atomic E-state index is 12.5. The largest absolute Gasteiger partial charge is 0.305 e. The van der Waals surface area contributed by atoms with Crippen molar-refractivity contribution < 1.29 is 8.42 Å². The van der Waals surface area contributed by atoms with Crippen LogP contribution >= 0.6 is 27.5 Å². The lowest BCUT2D eigenvalue weighted by Crippen LogP contribution is -2.41. The molecule has 7 heteroatoms. The van der Waals surface area contributed by atoms with Crippen molar-refractivity contribution in [2.45, 2.75) is 17.4 Å². The number of likely N-dealkylation sites (N-methyl/N-ethyl adjacent to an activating group) is 1. The first kappa shape index (κ1) is 19.4. The average molecular weight is 432 g/mol. The summed E-state index contributed by atoms with van der Waals surface area (Å²) in [4.78, 5) is 2.10. The van der Waals surface area contributed by atoms with Gasteiger partial charge in [-0.15, -0.1) is 0 Å². The Hall–Kier alpha value is -0.920. The smallest absolute Gasteiger partial charge is 0.242 e. The third-order valence-corrected chi connectivity index (χ3v) is 6.14. The zero-order chi connectivity index (χ0) is 17.7. The molecule has 0 aliphatic heterocycles. The summed E-state index contributed by atoms with van der Waals surface area (Å²) in [6.45, 7) is 0.302. The third-order valence-electron chi connectivity index (χ3n) is 3.74. The lowest BCUT2D eigenvalue weighted by atomic mass is 10.1. The van der Waals surface area contributed by atoms with Crippen molar-refractivity contribution in [3.63, 3.8) is 0 Å². The molecule has 1 unspecified atom stereocenters. The van der Waals surface area contributed by atoms with Gasteiger partial charge in [0.2, 0.25) is 10.0 Å². The molecular weight excluding hydrogens is 412 g/mol. The van der Waals surface area contributed by atoms with Gasteiger partial charge in [0.25, 0.3) is 0 Å². The summed E-state index contributed by atoms with van der Waals surface area (Å²) in [5, 5.41) is 0.196. The van der Waals surface area contributed by atoms with E-state index in [-0.39, 0.29) is 16.0 Å². The molecule has 0 aliphatic rings. The molecule has 0 spiro atoms. The van der Waals surface area contributed by atoms with Crippen LogP contribution < -0.4 is 4.72 Å². The fraction of sp³-hybridized carbons (Fsp3) is 0.294. The molecule has 24 heavy (non-hydrogen) atoms. The Labute approximate surface area is 157 Å². The van der Waals surface area contributed by atoms with Crippen molar-refractivity contribution in [3.8, 4) is 0 Å². The van der Waals surface area contributed by atoms with Gasteiger partial charge in [0.1, 0.15) is 4.90 Å². The summed E-state index contributed by atoms with van der Waals surface area (Å²) in [5.41, 5.74) is 1.16. The van der Waals surface area contributed by atoms with Crippen molar-refractivity contribution in [3.05, 3.63) is 63.6 Å². The number of hydrogen-bond donors (Lipinski definition) is 1. The SMILES string of the molecule is CN(C)C(CNS(=O)(=O)c1ccc(Br)cc1Cl)Cc1ccccc1. The van der Waals surface area contributed by atoms with E-state index in [1.165, 1.54) is 6.07 Å². The Morgan fingerprint density at radius 1 is 1.17 bits per heavy atom. The standard InChI is InChI=1S/C17H20BrClN2O2S/c1-21(2)15(10-13-6-4-3-5-7-13)12-20-24(22,23)17-9-8-14(18)11-16(17)19/h3-9,11,15,20H,10,12H2,1-2H3. The molecule has 0 heterocycles. The van der Waals surface area contributed by atoms with Crippen LogP contribution in [0, 0.1) is 0 Å². The van der Waals surface area contributed by atoms with Gasteiger partial charge < -0.3 is 4.90 Å². The van der Waals surface area contributed by atoms with Crippen molar-refractivity contribution in [1.82, 2.24) is 9.62 Å². The Morgan fingerprint density at radius 3 is 2.42 bits per heavy atom. The highest BCUT2D eigenvalue weighted by atomic mass is 79.9. The first-order valence-electron chi connectivity index (χ1n) is 7.44. The van der Waals surface area contributed by atoms with Gasteiger partial charge in [0.15, 0.2) is 0 Å². The molecule has 2 aromatic carbocycles. The molecule has 0 aliphatic carbocycles. The van der Waals surface area contributed by atoms with E-state index in [1.807, 2.05) is 49.3 Å². The van der Waals surface area contributed by atoms with Crippen molar-refractivity contribution in [1.29, 1.82) is 0 Å². The molecule has 1 atom stereocenters. The minimum absolute atomic E-state index is 0.0383. The number of nitrogens with zero attached hydrogens (tertiary/aromatic N) is 1. The highest BCUT2D eigenvalue weighted by molar-refractivity contribution is 9.10. The van der Waals surface area contributed by atoms with E-state index < -0.39 is 10.0 Å². The van der Waals surface area contributed by atoms with Crippen LogP contribution in [-0.2, 0) is 16.4 Å². The van der Waals surface area contributed by atoms with E-state index in [1.54, 1.807) is 12.1 Å². The number of hydrogen-bond acceptors (Lipinski definition) is 3. The van der Waals surface area contributed by atoms with Crippen molar-refractivity contribution in [2.24, 2.45) is 0 Å². The summed E-state index contributed by atoms with van der Waals surface area (Å²) in [6.07, 6.45) is 0.754. The predicted octanol–water partition coefficient (Wildman–Crippen LogP) is 3.55. The summed E-state index contributed by atoms with van der Waals surface area (Å²) in [5.74, 6) is 0. The van der Waals surface area contributed by atoms with Gasteiger partial charge in [-0.1, -0.05) is 57.9 Å². The van der Waals surface area contributed by atoms with Gasteiger partial charge in [-0.3, -0.25) is 0 Å². The lowest BCUT2D eigenvalue weighted by molar-refractivity contribution is 0.291. The second kappa shape index (κ2) is 8.45. The van der Waals surface area contributed by atoms with Crippen LogP contribution in [0.5, 0.6) is 0 Å². The zero-order valence-corrected chi connectivity index (χ0v) is 16.7. The average Bonchev–Trinajstić information content (AvgIpc) is 2.51. The highest BCUT2D eigenvalue weighted by Crippen LogP contribution is 2.25. The van der Waals surface area contributed by atoms with E-state index in [9.17, 15) is 8.42 Å². The van der Waals surface area contributed by atoms with Gasteiger partial charge >= 0.3 is 0 Å². The summed E-state index contributed by atoms with van der Waals surface area (Å²) in [6, 6.07) is 14.8. The van der Waals surface area contributed by atoms with E-state index in [4.69, 9.17) is 11.6 Å². The molecule has 130 valence electrons. The monoisotopic (exact) mass is 430 g/mol. The van der Waals surface area contributed by atoms with Gasteiger partial charge in [0, 0.05) is 17.1 Å². The maximum Gasteiger partial charge on any atom is 0.242 e. The van der Waals surface area contributed by atoms with Crippen LogP contribution in [0.25, 0.3) is 0 Å². The molecule has 0 amide bonds. The van der Waals surface area contributed by atoms with Gasteiger partial charge in [0.05, 0.1) is 5.02 Å². The van der Waals surface area contributed by atoms with E-state index in [2.05, 4.69) is 20.7 Å². The molecular formula is C17H20BrClN2O2S. The second-order valence-corrected chi connectivity index (χ2v) is 8.79. The highest BCUT2D eigenvalue weighted by Gasteiger charge is 2.21. The molecule has 4 nitrogen and oxygen atoms in total. The van der Waals surface area contributed by atoms with Gasteiger partial charge in [-0.2, -0.15) is 0 Å². The van der Waals surface area contributed by atoms with Crippen LogP contribution in [0.3, 0.4) is 0 Å². The molecule has 0 saturated heterocycles. The second-order valence-electron chi connectivity index (χ2n) is 5.73. The maximum atomic E-state index is 12.5. The molecule has 0 saturated carbocycles. The topological polar surface area (TPSA) is 49.4 Å². The van der Waals surface area contributed by atoms with Crippen LogP contribution in [0.15, 0.2) is 57.9 Å². The number of benzene rings is 2. The summed E-state index contributed by atoms with van der Waals surface area (Å²) < 4.78 is 28.4. The molecule has 2 aromatic rings. The molecule has 0 radical (unpaired) electrons. The fourth-order valence-electron chi connectivity index (χ4n) is 2.30. The van der Waals surface area contributed by atoms with Gasteiger partial charge in [-0.05, 0) is 44.3 Å². The van der Waals surface area contributed by atoms with Crippen LogP contribution in [0.4, 0.5) is 0 Å². The first-order chi connectivity index (χ1) is 11.3. The molecule has 0 fully saturated rings. The third kappa shape index (κ3) is 5.29. The number of nitrogens with one attached hydrogen (secondary N) is 1. The summed E-state index contributed by atoms with van der Waals surface area (Å²) >= 11 is 9.34. The quantitative estimate of drug-likeness (QED) is 0.729. The van der Waals surface area contributed by atoms with Crippen LogP contribution in [-0.4, -0.2) is 40.0 Å². The minimum atomic E-state index is -3.66. The van der Waals surface area contributed by atoms with Crippen LogP contribution in [0.1, 0.15) is 5.56 Å². The van der Waals surface area contributed by atoms with Crippen molar-refractivity contribution in [2.75, 3.05) is 20.6 Å². The molecule has 0 aromatic heterocycles. The molecule has 0 bridgehead atoms. The van der Waals surface area contributed by atoms with Gasteiger partial charge in [-0.25, -0.2) is 13.1 Å². The number of rotatable bonds is 7. The van der Waals surface area contributed by atoms with Crippen molar-refractivity contribution >= 4 is 37.6 Å². The number of sulfonamides is 1. The molecule has 1 N–H and O–H groups in total. The summed E-state index contributed by atoms with van der Waals surface area (Å²) in [7, 11) is 0.220. The zero-order valence-electron chi connectivity index (χ0n) is 13.5. The predicted molar refractivity (Wildman–Crippen MR) is 102 cm³/mol. The normalized spacial score (nSPS) is 13.2. The van der Waals surface area contributed by atoms with E-state index in [0.717, 1.165) is 16.5 Å². The van der Waals surface area contributed by atoms with E-state index >= 15 is 0 Å². The Bertz CT molecular complexity index is 782. The Kier molecular flexibility index (Phi) is 6.83. The number of halogens is 2. The minimum Gasteiger partial charge on any atom is -0.305 e. The lowest BCUT2D eigenvalue weighted by Gasteiger charge is -2.25. The first-order valence-corrected chi connectivity index (χ1v) is 10.1. The fourth-order valence-corrected chi connectivity index (χ4v) is 4.41. The van der Waals surface area contributed by atoms with Crippen LogP contribution in [0.2, 0.25) is 5.02 Å². The van der Waals surface area contributed by atoms with E-state index in [0.29, 0.717) is 6.54 Å².